The number of hydrogen-bond acceptors (Lipinski definition) is 1. The van der Waals surface area contributed by atoms with Gasteiger partial charge in [-0.1, -0.05) is 17.7 Å². The van der Waals surface area contributed by atoms with Gasteiger partial charge in [-0.05, 0) is 38.1 Å². The van der Waals surface area contributed by atoms with Gasteiger partial charge in [0.25, 0.3) is 0 Å². The van der Waals surface area contributed by atoms with E-state index < -0.39 is 0 Å². The van der Waals surface area contributed by atoms with Crippen LogP contribution in [-0.4, -0.2) is 13.1 Å². The Labute approximate surface area is 82.9 Å². The van der Waals surface area contributed by atoms with Crippen LogP contribution in [0.5, 0.6) is 0 Å². The second kappa shape index (κ2) is 4.58. The summed E-state index contributed by atoms with van der Waals surface area (Å²) in [5.74, 6) is -0.345. The predicted molar refractivity (Wildman–Crippen MR) is 53.6 cm³/mol. The van der Waals surface area contributed by atoms with Gasteiger partial charge in [-0.2, -0.15) is 0 Å². The lowest BCUT2D eigenvalue weighted by molar-refractivity contribution is 0.597. The SMILES string of the molecule is CNC(C)Cc1ccc(Cl)c(F)c1. The minimum absolute atomic E-state index is 0.181. The topological polar surface area (TPSA) is 12.0 Å². The Hall–Kier alpha value is -0.600. The van der Waals surface area contributed by atoms with Crippen molar-refractivity contribution in [3.63, 3.8) is 0 Å². The third-order valence-corrected chi connectivity index (χ3v) is 2.33. The van der Waals surface area contributed by atoms with E-state index in [1.54, 1.807) is 6.07 Å². The molecule has 0 spiro atoms. The normalized spacial score (nSPS) is 12.9. The molecule has 13 heavy (non-hydrogen) atoms. The molecule has 1 rings (SSSR count). The molecule has 1 atom stereocenters. The van der Waals surface area contributed by atoms with Gasteiger partial charge in [0.05, 0.1) is 5.02 Å². The van der Waals surface area contributed by atoms with Crippen molar-refractivity contribution in [1.29, 1.82) is 0 Å². The summed E-state index contributed by atoms with van der Waals surface area (Å²) in [4.78, 5) is 0. The Bertz CT molecular complexity index is 288. The van der Waals surface area contributed by atoms with Gasteiger partial charge >= 0.3 is 0 Å². The van der Waals surface area contributed by atoms with E-state index in [4.69, 9.17) is 11.6 Å². The van der Waals surface area contributed by atoms with Crippen LogP contribution in [0, 0.1) is 5.82 Å². The number of likely N-dealkylation sites (N-methyl/N-ethyl adjacent to an activating group) is 1. The molecule has 1 aromatic rings. The number of rotatable bonds is 3. The number of benzene rings is 1. The molecule has 1 aromatic carbocycles. The molecule has 0 amide bonds. The fraction of sp³-hybridized carbons (Fsp3) is 0.400. The third-order valence-electron chi connectivity index (χ3n) is 2.02. The Morgan fingerprint density at radius 3 is 2.77 bits per heavy atom. The van der Waals surface area contributed by atoms with Crippen molar-refractivity contribution in [2.45, 2.75) is 19.4 Å². The van der Waals surface area contributed by atoms with Gasteiger partial charge in [0.15, 0.2) is 0 Å². The minimum Gasteiger partial charge on any atom is -0.317 e. The molecule has 0 saturated carbocycles. The Kier molecular flexibility index (Phi) is 3.70. The van der Waals surface area contributed by atoms with Crippen molar-refractivity contribution >= 4 is 11.6 Å². The molecule has 0 aliphatic heterocycles. The quantitative estimate of drug-likeness (QED) is 0.793. The largest absolute Gasteiger partial charge is 0.317 e. The molecule has 72 valence electrons. The fourth-order valence-corrected chi connectivity index (χ4v) is 1.24. The standard InChI is InChI=1S/C10H13ClFN/c1-7(13-2)5-8-3-4-9(11)10(12)6-8/h3-4,6-7,13H,5H2,1-2H3. The van der Waals surface area contributed by atoms with Crippen LogP contribution in [0.15, 0.2) is 18.2 Å². The Morgan fingerprint density at radius 1 is 1.54 bits per heavy atom. The molecule has 1 nitrogen and oxygen atoms in total. The van der Waals surface area contributed by atoms with Gasteiger partial charge in [0.2, 0.25) is 0 Å². The zero-order valence-electron chi connectivity index (χ0n) is 7.77. The molecule has 0 radical (unpaired) electrons. The summed E-state index contributed by atoms with van der Waals surface area (Å²) < 4.78 is 13.0. The molecule has 1 N–H and O–H groups in total. The first-order valence-corrected chi connectivity index (χ1v) is 4.62. The van der Waals surface area contributed by atoms with Gasteiger partial charge < -0.3 is 5.32 Å². The summed E-state index contributed by atoms with van der Waals surface area (Å²) in [6, 6.07) is 5.27. The van der Waals surface area contributed by atoms with Crippen LogP contribution in [-0.2, 0) is 6.42 Å². The average Bonchev–Trinajstić information content (AvgIpc) is 2.11. The molecule has 3 heteroatoms. The first-order chi connectivity index (χ1) is 6.13. The van der Waals surface area contributed by atoms with E-state index in [-0.39, 0.29) is 10.8 Å². The van der Waals surface area contributed by atoms with E-state index in [2.05, 4.69) is 5.32 Å². The van der Waals surface area contributed by atoms with E-state index in [1.807, 2.05) is 20.0 Å². The molecule has 0 aromatic heterocycles. The molecule has 0 aliphatic carbocycles. The zero-order valence-corrected chi connectivity index (χ0v) is 8.53. The van der Waals surface area contributed by atoms with Crippen molar-refractivity contribution in [3.8, 4) is 0 Å². The van der Waals surface area contributed by atoms with E-state index in [1.165, 1.54) is 6.07 Å². The zero-order chi connectivity index (χ0) is 9.84. The number of nitrogens with one attached hydrogen (secondary N) is 1. The maximum Gasteiger partial charge on any atom is 0.142 e. The molecule has 0 aliphatic rings. The smallest absolute Gasteiger partial charge is 0.142 e. The Balaban J connectivity index is 2.73. The van der Waals surface area contributed by atoms with Crippen LogP contribution in [0.2, 0.25) is 5.02 Å². The summed E-state index contributed by atoms with van der Waals surface area (Å²) in [6.45, 7) is 2.05. The number of halogens is 2. The second-order valence-electron chi connectivity index (χ2n) is 3.14. The second-order valence-corrected chi connectivity index (χ2v) is 3.55. The summed E-state index contributed by atoms with van der Waals surface area (Å²) >= 11 is 5.56. The van der Waals surface area contributed by atoms with E-state index in [0.717, 1.165) is 12.0 Å². The van der Waals surface area contributed by atoms with Gasteiger partial charge in [-0.3, -0.25) is 0 Å². The van der Waals surface area contributed by atoms with Gasteiger partial charge in [-0.15, -0.1) is 0 Å². The fourth-order valence-electron chi connectivity index (χ4n) is 1.12. The van der Waals surface area contributed by atoms with Crippen molar-refractivity contribution < 1.29 is 4.39 Å². The highest BCUT2D eigenvalue weighted by atomic mass is 35.5. The summed E-state index contributed by atoms with van der Waals surface area (Å²) in [6.07, 6.45) is 0.810. The van der Waals surface area contributed by atoms with Crippen LogP contribution < -0.4 is 5.32 Å². The van der Waals surface area contributed by atoms with Crippen molar-refractivity contribution in [2.24, 2.45) is 0 Å². The predicted octanol–water partition coefficient (Wildman–Crippen LogP) is 2.63. The van der Waals surface area contributed by atoms with Crippen molar-refractivity contribution in [3.05, 3.63) is 34.6 Å². The maximum absolute atomic E-state index is 13.0. The molecule has 0 heterocycles. The van der Waals surface area contributed by atoms with E-state index in [0.29, 0.717) is 6.04 Å². The lowest BCUT2D eigenvalue weighted by Gasteiger charge is -2.09. The van der Waals surface area contributed by atoms with Crippen molar-refractivity contribution in [2.75, 3.05) is 7.05 Å². The first kappa shape index (κ1) is 10.5. The third kappa shape index (κ3) is 2.98. The van der Waals surface area contributed by atoms with Gasteiger partial charge in [0.1, 0.15) is 5.82 Å². The van der Waals surface area contributed by atoms with E-state index >= 15 is 0 Å². The number of hydrogen-bond donors (Lipinski definition) is 1. The maximum atomic E-state index is 13.0. The highest BCUT2D eigenvalue weighted by Crippen LogP contribution is 2.16. The van der Waals surface area contributed by atoms with Crippen LogP contribution >= 0.6 is 11.6 Å². The van der Waals surface area contributed by atoms with Gasteiger partial charge in [-0.25, -0.2) is 4.39 Å². The van der Waals surface area contributed by atoms with Crippen LogP contribution in [0.25, 0.3) is 0 Å². The molecular formula is C10H13ClFN. The van der Waals surface area contributed by atoms with Crippen LogP contribution in [0.1, 0.15) is 12.5 Å². The van der Waals surface area contributed by atoms with Crippen molar-refractivity contribution in [1.82, 2.24) is 5.32 Å². The monoisotopic (exact) mass is 201 g/mol. The lowest BCUT2D eigenvalue weighted by Crippen LogP contribution is -2.23. The molecule has 0 fully saturated rings. The van der Waals surface area contributed by atoms with Crippen LogP contribution in [0.3, 0.4) is 0 Å². The van der Waals surface area contributed by atoms with Gasteiger partial charge in [0, 0.05) is 6.04 Å². The summed E-state index contributed by atoms with van der Waals surface area (Å²) in [5.41, 5.74) is 0.962. The summed E-state index contributed by atoms with van der Waals surface area (Å²) in [5, 5.41) is 3.27. The van der Waals surface area contributed by atoms with E-state index in [9.17, 15) is 4.39 Å². The first-order valence-electron chi connectivity index (χ1n) is 4.24. The average molecular weight is 202 g/mol. The lowest BCUT2D eigenvalue weighted by atomic mass is 10.1. The van der Waals surface area contributed by atoms with Crippen LogP contribution in [0.4, 0.5) is 4.39 Å². The highest BCUT2D eigenvalue weighted by molar-refractivity contribution is 6.30. The Morgan fingerprint density at radius 2 is 2.23 bits per heavy atom. The molecule has 0 saturated heterocycles. The summed E-state index contributed by atoms with van der Waals surface area (Å²) in [7, 11) is 1.89. The minimum atomic E-state index is -0.345. The molecule has 0 bridgehead atoms. The highest BCUT2D eigenvalue weighted by Gasteiger charge is 2.03. The molecule has 1 unspecified atom stereocenters. The molecular weight excluding hydrogens is 189 g/mol.